The molecule has 0 bridgehead atoms. The summed E-state index contributed by atoms with van der Waals surface area (Å²) in [5.74, 6) is 4.01. The minimum Gasteiger partial charge on any atom is -0.454 e. The van der Waals surface area contributed by atoms with E-state index in [9.17, 15) is 0 Å². The van der Waals surface area contributed by atoms with E-state index in [4.69, 9.17) is 9.47 Å². The van der Waals surface area contributed by atoms with Gasteiger partial charge < -0.3 is 14.8 Å². The Balaban J connectivity index is 1.50. The van der Waals surface area contributed by atoms with Gasteiger partial charge in [-0.1, -0.05) is 6.07 Å². The van der Waals surface area contributed by atoms with Crippen LogP contribution in [0.25, 0.3) is 5.78 Å². The number of anilines is 1. The van der Waals surface area contributed by atoms with Crippen LogP contribution in [0.2, 0.25) is 0 Å². The van der Waals surface area contributed by atoms with Crippen LogP contribution in [0.3, 0.4) is 0 Å². The molecular formula is C17H17N5O2. The van der Waals surface area contributed by atoms with Crippen molar-refractivity contribution < 1.29 is 9.47 Å². The van der Waals surface area contributed by atoms with Gasteiger partial charge in [0.15, 0.2) is 11.5 Å². The maximum atomic E-state index is 5.45. The number of aryl methyl sites for hydroxylation is 2. The smallest absolute Gasteiger partial charge is 0.254 e. The van der Waals surface area contributed by atoms with Crippen LogP contribution in [0.5, 0.6) is 11.5 Å². The van der Waals surface area contributed by atoms with Crippen molar-refractivity contribution in [2.75, 3.05) is 12.1 Å². The standard InChI is InChI=1S/C17H17N5O2/c1-10-19-17-20-13-4-2-3-12(13)16(22(17)21-10)18-8-11-5-6-14-15(7-11)24-9-23-14/h5-7,18H,2-4,8-9H2,1H3. The third-order valence-electron chi connectivity index (χ3n) is 4.51. The molecule has 1 N–H and O–H groups in total. The summed E-state index contributed by atoms with van der Waals surface area (Å²) in [6, 6.07) is 6.01. The fourth-order valence-electron chi connectivity index (χ4n) is 3.40. The Morgan fingerprint density at radius 3 is 3.04 bits per heavy atom. The minimum atomic E-state index is 0.295. The van der Waals surface area contributed by atoms with Gasteiger partial charge in [0.05, 0.1) is 5.69 Å². The Kier molecular flexibility index (Phi) is 2.88. The van der Waals surface area contributed by atoms with Crippen LogP contribution in [-0.4, -0.2) is 26.4 Å². The van der Waals surface area contributed by atoms with Crippen LogP contribution in [0.15, 0.2) is 18.2 Å². The van der Waals surface area contributed by atoms with Crippen LogP contribution < -0.4 is 14.8 Å². The highest BCUT2D eigenvalue weighted by atomic mass is 16.7. The number of benzene rings is 1. The van der Waals surface area contributed by atoms with Gasteiger partial charge in [0.25, 0.3) is 5.78 Å². The van der Waals surface area contributed by atoms with Gasteiger partial charge in [-0.05, 0) is 43.9 Å². The quantitative estimate of drug-likeness (QED) is 0.797. The zero-order valence-corrected chi connectivity index (χ0v) is 13.4. The summed E-state index contributed by atoms with van der Waals surface area (Å²) in [4.78, 5) is 9.07. The molecule has 0 amide bonds. The maximum Gasteiger partial charge on any atom is 0.254 e. The maximum absolute atomic E-state index is 5.45. The summed E-state index contributed by atoms with van der Waals surface area (Å²) in [7, 11) is 0. The molecule has 5 rings (SSSR count). The van der Waals surface area contributed by atoms with E-state index >= 15 is 0 Å². The second-order valence-corrected chi connectivity index (χ2v) is 6.15. The number of hydrogen-bond donors (Lipinski definition) is 1. The molecule has 3 aromatic rings. The van der Waals surface area contributed by atoms with Crippen molar-refractivity contribution in [2.45, 2.75) is 32.7 Å². The first-order valence-corrected chi connectivity index (χ1v) is 8.15. The van der Waals surface area contributed by atoms with Crippen molar-refractivity contribution in [1.29, 1.82) is 0 Å². The van der Waals surface area contributed by atoms with E-state index in [0.717, 1.165) is 53.7 Å². The summed E-state index contributed by atoms with van der Waals surface area (Å²) in [5.41, 5.74) is 3.53. The van der Waals surface area contributed by atoms with Crippen LogP contribution in [0.1, 0.15) is 29.1 Å². The van der Waals surface area contributed by atoms with Crippen molar-refractivity contribution in [3.8, 4) is 11.5 Å². The third-order valence-corrected chi connectivity index (χ3v) is 4.51. The van der Waals surface area contributed by atoms with Crippen LogP contribution in [0.4, 0.5) is 5.82 Å². The molecule has 0 spiro atoms. The number of nitrogens with one attached hydrogen (secondary N) is 1. The molecule has 0 unspecified atom stereocenters. The lowest BCUT2D eigenvalue weighted by Gasteiger charge is -2.12. The van der Waals surface area contributed by atoms with Gasteiger partial charge in [-0.3, -0.25) is 0 Å². The van der Waals surface area contributed by atoms with Gasteiger partial charge in [0.2, 0.25) is 6.79 Å². The molecule has 2 aliphatic rings. The minimum absolute atomic E-state index is 0.295. The lowest BCUT2D eigenvalue weighted by atomic mass is 10.2. The van der Waals surface area contributed by atoms with Crippen molar-refractivity contribution in [1.82, 2.24) is 19.6 Å². The molecule has 24 heavy (non-hydrogen) atoms. The normalized spacial score (nSPS) is 15.0. The molecule has 1 aliphatic heterocycles. The number of hydrogen-bond acceptors (Lipinski definition) is 6. The molecule has 7 heteroatoms. The Hall–Kier alpha value is -2.83. The highest BCUT2D eigenvalue weighted by Gasteiger charge is 2.21. The predicted molar refractivity (Wildman–Crippen MR) is 87.4 cm³/mol. The molecule has 0 saturated carbocycles. The van der Waals surface area contributed by atoms with Crippen LogP contribution in [0, 0.1) is 6.92 Å². The van der Waals surface area contributed by atoms with Crippen molar-refractivity contribution in [3.05, 3.63) is 40.8 Å². The van der Waals surface area contributed by atoms with E-state index in [-0.39, 0.29) is 0 Å². The molecular weight excluding hydrogens is 306 g/mol. The topological polar surface area (TPSA) is 73.6 Å². The van der Waals surface area contributed by atoms with Gasteiger partial charge in [0, 0.05) is 12.1 Å². The van der Waals surface area contributed by atoms with Gasteiger partial charge in [-0.2, -0.15) is 9.50 Å². The van der Waals surface area contributed by atoms with Gasteiger partial charge in [-0.15, -0.1) is 5.10 Å². The van der Waals surface area contributed by atoms with Crippen LogP contribution >= 0.6 is 0 Å². The second kappa shape index (κ2) is 5.09. The molecule has 0 saturated heterocycles. The number of fused-ring (bicyclic) bond motifs is 3. The average Bonchev–Trinajstić information content (AvgIpc) is 3.28. The lowest BCUT2D eigenvalue weighted by Crippen LogP contribution is -2.10. The molecule has 122 valence electrons. The molecule has 1 aromatic carbocycles. The first kappa shape index (κ1) is 13.6. The number of aromatic nitrogens is 4. The Labute approximate surface area is 138 Å². The van der Waals surface area contributed by atoms with Crippen molar-refractivity contribution in [3.63, 3.8) is 0 Å². The zero-order valence-electron chi connectivity index (χ0n) is 13.4. The number of nitrogens with zero attached hydrogens (tertiary/aromatic N) is 4. The number of ether oxygens (including phenoxy) is 2. The molecule has 0 radical (unpaired) electrons. The predicted octanol–water partition coefficient (Wildman–Crippen LogP) is 2.26. The van der Waals surface area contributed by atoms with E-state index in [0.29, 0.717) is 19.1 Å². The third kappa shape index (κ3) is 2.08. The molecule has 0 atom stereocenters. The summed E-state index contributed by atoms with van der Waals surface area (Å²) in [6.45, 7) is 2.87. The summed E-state index contributed by atoms with van der Waals surface area (Å²) < 4.78 is 12.6. The van der Waals surface area contributed by atoms with E-state index < -0.39 is 0 Å². The molecule has 0 fully saturated rings. The van der Waals surface area contributed by atoms with Crippen molar-refractivity contribution in [2.24, 2.45) is 0 Å². The van der Waals surface area contributed by atoms with Gasteiger partial charge in [-0.25, -0.2) is 4.98 Å². The largest absolute Gasteiger partial charge is 0.454 e. The van der Waals surface area contributed by atoms with Crippen molar-refractivity contribution >= 4 is 11.6 Å². The highest BCUT2D eigenvalue weighted by Crippen LogP contribution is 2.33. The average molecular weight is 323 g/mol. The number of rotatable bonds is 3. The summed E-state index contributed by atoms with van der Waals surface area (Å²) in [5, 5.41) is 8.03. The lowest BCUT2D eigenvalue weighted by molar-refractivity contribution is 0.174. The fraction of sp³-hybridized carbons (Fsp3) is 0.353. The monoisotopic (exact) mass is 323 g/mol. The highest BCUT2D eigenvalue weighted by molar-refractivity contribution is 5.55. The Morgan fingerprint density at radius 2 is 2.08 bits per heavy atom. The summed E-state index contributed by atoms with van der Waals surface area (Å²) >= 11 is 0. The zero-order chi connectivity index (χ0) is 16.1. The van der Waals surface area contributed by atoms with E-state index in [2.05, 4.69) is 20.4 Å². The first-order chi connectivity index (χ1) is 11.8. The summed E-state index contributed by atoms with van der Waals surface area (Å²) in [6.07, 6.45) is 3.17. The van der Waals surface area contributed by atoms with Crippen LogP contribution in [-0.2, 0) is 19.4 Å². The Bertz CT molecular complexity index is 950. The van der Waals surface area contributed by atoms with E-state index in [1.165, 1.54) is 5.56 Å². The Morgan fingerprint density at radius 1 is 1.17 bits per heavy atom. The van der Waals surface area contributed by atoms with Gasteiger partial charge in [0.1, 0.15) is 11.6 Å². The molecule has 2 aromatic heterocycles. The van der Waals surface area contributed by atoms with Gasteiger partial charge >= 0.3 is 0 Å². The first-order valence-electron chi connectivity index (χ1n) is 8.15. The molecule has 7 nitrogen and oxygen atoms in total. The second-order valence-electron chi connectivity index (χ2n) is 6.15. The SMILES string of the molecule is Cc1nc2nc3c(c(NCc4ccc5c(c4)OCO5)n2n1)CCC3. The molecule has 3 heterocycles. The fourth-order valence-corrected chi connectivity index (χ4v) is 3.40. The molecule has 1 aliphatic carbocycles. The van der Waals surface area contributed by atoms with E-state index in [1.54, 1.807) is 0 Å². The van der Waals surface area contributed by atoms with E-state index in [1.807, 2.05) is 29.6 Å².